The van der Waals surface area contributed by atoms with Gasteiger partial charge in [-0.1, -0.05) is 0 Å². The van der Waals surface area contributed by atoms with E-state index in [1.807, 2.05) is 0 Å². The third kappa shape index (κ3) is 5.21. The Morgan fingerprint density at radius 2 is 0.935 bits per heavy atom. The van der Waals surface area contributed by atoms with Crippen molar-refractivity contribution in [2.75, 3.05) is 25.0 Å². The predicted octanol–water partition coefficient (Wildman–Crippen LogP) is 12.8. The van der Waals surface area contributed by atoms with Gasteiger partial charge in [0.25, 0.3) is 0 Å². The van der Waals surface area contributed by atoms with E-state index in [0.717, 1.165) is 0 Å². The Balaban J connectivity index is 1.57. The molecule has 8 heteroatoms. The van der Waals surface area contributed by atoms with Crippen molar-refractivity contribution >= 4 is 81.3 Å². The Hall–Kier alpha value is -0.300. The first kappa shape index (κ1) is 35.5. The van der Waals surface area contributed by atoms with E-state index in [-0.39, 0.29) is 29.0 Å². The van der Waals surface area contributed by atoms with Gasteiger partial charge in [0.15, 0.2) is 0 Å². The van der Waals surface area contributed by atoms with Crippen LogP contribution in [-0.4, -0.2) is 30.9 Å². The van der Waals surface area contributed by atoms with Crippen LogP contribution in [0.2, 0.25) is 13.1 Å². The number of halogens is 4. The summed E-state index contributed by atoms with van der Waals surface area (Å²) in [5.41, 5.74) is 12.2. The van der Waals surface area contributed by atoms with Gasteiger partial charge < -0.3 is 0 Å². The summed E-state index contributed by atoms with van der Waals surface area (Å²) < 4.78 is -0.375. The van der Waals surface area contributed by atoms with E-state index in [4.69, 9.17) is 17.0 Å². The molecule has 0 saturated heterocycles. The van der Waals surface area contributed by atoms with Crippen LogP contribution in [-0.2, 0) is 29.7 Å². The number of hydrogen-bond donors (Lipinski definition) is 0. The summed E-state index contributed by atoms with van der Waals surface area (Å²) in [4.78, 5) is 2.75. The van der Waals surface area contributed by atoms with E-state index in [9.17, 15) is 0 Å². The first-order valence-corrected chi connectivity index (χ1v) is 47.4. The molecule has 0 saturated carbocycles. The van der Waals surface area contributed by atoms with E-state index >= 15 is 0 Å². The summed E-state index contributed by atoms with van der Waals surface area (Å²) in [6.07, 6.45) is 13.8. The van der Waals surface area contributed by atoms with Gasteiger partial charge >= 0.3 is 299 Å². The maximum atomic E-state index is 8.78. The van der Waals surface area contributed by atoms with E-state index in [1.165, 1.54) is 65.4 Å². The van der Waals surface area contributed by atoms with Gasteiger partial charge in [0, 0.05) is 0 Å². The second-order valence-corrected chi connectivity index (χ2v) is 131. The summed E-state index contributed by atoms with van der Waals surface area (Å²) >= 11 is 9.14. The van der Waals surface area contributed by atoms with Gasteiger partial charge in [-0.05, 0) is 0 Å². The SMILES string of the molecule is CC1=Cc2c(-c3ccc([S+](C)C)cc3)cccc2[CH]1[Zr]([Cl])([Cl])([Br])([Br])([CH]1C(C)=Cc2c(-c3ccc([S+](C)C)cc3)cccc21)[SiH](C)C. The molecule has 4 aromatic rings. The molecule has 241 valence electrons. The van der Waals surface area contributed by atoms with Crippen LogP contribution in [0.15, 0.2) is 106 Å². The molecule has 0 bridgehead atoms. The zero-order valence-electron chi connectivity index (χ0n) is 27.8. The molecule has 0 heterocycles. The molecule has 6 rings (SSSR count). The Kier molecular flexibility index (Phi) is 8.57. The monoisotopic (exact) mass is 909 g/mol. The van der Waals surface area contributed by atoms with Gasteiger partial charge in [-0.15, -0.1) is 0 Å². The van der Waals surface area contributed by atoms with Crippen molar-refractivity contribution in [2.24, 2.45) is 0 Å². The first-order valence-electron chi connectivity index (χ1n) is 15.8. The zero-order valence-corrected chi connectivity index (χ0v) is 37.7. The summed E-state index contributed by atoms with van der Waals surface area (Å²) in [6, 6.07) is 31.5. The van der Waals surface area contributed by atoms with Crippen LogP contribution < -0.4 is 0 Å². The summed E-state index contributed by atoms with van der Waals surface area (Å²) in [7, 11) is 11.7. The van der Waals surface area contributed by atoms with Crippen molar-refractivity contribution in [2.45, 2.75) is 44.0 Å². The molecule has 0 aromatic heterocycles. The van der Waals surface area contributed by atoms with Crippen molar-refractivity contribution in [1.29, 1.82) is 0 Å². The molecule has 0 N–H and O–H groups in total. The van der Waals surface area contributed by atoms with E-state index in [0.29, 0.717) is 0 Å². The van der Waals surface area contributed by atoms with Gasteiger partial charge in [0.1, 0.15) is 0 Å². The molecular weight excluding hydrogens is 871 g/mol. The number of rotatable bonds is 7. The van der Waals surface area contributed by atoms with Gasteiger partial charge in [-0.3, -0.25) is 0 Å². The second-order valence-electron chi connectivity index (χ2n) is 14.3. The van der Waals surface area contributed by atoms with E-state index in [1.54, 1.807) is 0 Å². The second kappa shape index (κ2) is 11.1. The van der Waals surface area contributed by atoms with Crippen molar-refractivity contribution in [1.82, 2.24) is 0 Å². The van der Waals surface area contributed by atoms with E-state index < -0.39 is 13.8 Å². The number of allylic oxidation sites excluding steroid dienone is 2. The Labute approximate surface area is 295 Å². The van der Waals surface area contributed by atoms with Crippen LogP contribution in [0.4, 0.5) is 0 Å². The van der Waals surface area contributed by atoms with Crippen LogP contribution in [0, 0.1) is 0 Å². The van der Waals surface area contributed by atoms with Crippen molar-refractivity contribution in [3.63, 3.8) is 0 Å². The minimum absolute atomic E-state index is 0.188. The Bertz CT molecular complexity index is 1840. The molecule has 46 heavy (non-hydrogen) atoms. The fourth-order valence-corrected chi connectivity index (χ4v) is 59.8. The topological polar surface area (TPSA) is 0 Å². The average Bonchev–Trinajstić information content (AvgIpc) is 3.54. The van der Waals surface area contributed by atoms with Gasteiger partial charge in [-0.25, -0.2) is 0 Å². The molecule has 0 amide bonds. The average molecular weight is 914 g/mol. The molecule has 0 radical (unpaired) electrons. The van der Waals surface area contributed by atoms with Crippen molar-refractivity contribution in [3.05, 3.63) is 118 Å². The Morgan fingerprint density at radius 1 is 0.587 bits per heavy atom. The van der Waals surface area contributed by atoms with E-state index in [2.05, 4.69) is 173 Å². The van der Waals surface area contributed by atoms with Gasteiger partial charge in [0.2, 0.25) is 0 Å². The summed E-state index contributed by atoms with van der Waals surface area (Å²) in [5.74, 6) is -1.99. The zero-order chi connectivity index (χ0) is 33.5. The molecule has 0 spiro atoms. The third-order valence-corrected chi connectivity index (χ3v) is 118. The standard InChI is InChI=1S/2C18H18S.C2H7Si.2BrH.2ClH.Zr/c2*1-13-11-15-5-4-6-17(18(15)12-13)14-7-9-16(10-8-14)19(2)3;1-3-2;;;;;/h2*4-12H,1-3H3;3H,1-2H3;4*1H;/q2*+1;;;;;;+4/p-4. The minimum atomic E-state index is -6.32. The molecule has 2 aliphatic carbocycles. The first-order chi connectivity index (χ1) is 21.3. The third-order valence-electron chi connectivity index (χ3n) is 10.9. The van der Waals surface area contributed by atoms with Crippen LogP contribution in [0.25, 0.3) is 34.4 Å². The molecule has 0 fully saturated rings. The molecule has 2 unspecified atom stereocenters. The van der Waals surface area contributed by atoms with Crippen molar-refractivity contribution in [3.8, 4) is 22.3 Å². The van der Waals surface area contributed by atoms with Gasteiger partial charge in [-0.2, -0.15) is 0 Å². The number of fused-ring (bicyclic) bond motifs is 2. The quantitative estimate of drug-likeness (QED) is 0.128. The van der Waals surface area contributed by atoms with Crippen molar-refractivity contribution < 1.29 is 7.89 Å². The summed E-state index contributed by atoms with van der Waals surface area (Å²) in [6.45, 7) is 9.14. The molecular formula is C38H43Br2Cl2S2SiZr+2. The number of benzene rings is 4. The fourth-order valence-electron chi connectivity index (χ4n) is 8.30. The number of hydrogen-bond acceptors (Lipinski definition) is 0. The molecule has 2 aliphatic rings. The fraction of sp³-hybridized carbons (Fsp3) is 0.263. The molecule has 2 atom stereocenters. The summed E-state index contributed by atoms with van der Waals surface area (Å²) in [5, 5.41) is 0. The van der Waals surface area contributed by atoms with Crippen LogP contribution in [0.3, 0.4) is 0 Å². The van der Waals surface area contributed by atoms with Crippen LogP contribution >= 0.6 is 41.5 Å². The van der Waals surface area contributed by atoms with Gasteiger partial charge in [0.05, 0.1) is 0 Å². The van der Waals surface area contributed by atoms with Crippen LogP contribution in [0.5, 0.6) is 0 Å². The normalized spacial score (nSPS) is 20.1. The maximum absolute atomic E-state index is 8.78. The molecule has 4 aromatic carbocycles. The Morgan fingerprint density at radius 3 is 1.24 bits per heavy atom. The van der Waals surface area contributed by atoms with Crippen LogP contribution in [0.1, 0.15) is 43.4 Å². The molecule has 0 nitrogen and oxygen atoms in total. The predicted molar refractivity (Wildman–Crippen MR) is 220 cm³/mol. The molecule has 0 aliphatic heterocycles.